The van der Waals surface area contributed by atoms with Crippen molar-refractivity contribution in [2.75, 3.05) is 23.4 Å². The molecule has 1 saturated carbocycles. The van der Waals surface area contributed by atoms with Crippen LogP contribution in [0.2, 0.25) is 0 Å². The summed E-state index contributed by atoms with van der Waals surface area (Å²) in [4.78, 5) is 4.10. The molecule has 2 aromatic rings. The molecule has 2 aromatic carbocycles. The van der Waals surface area contributed by atoms with E-state index in [4.69, 9.17) is 0 Å². The highest BCUT2D eigenvalue weighted by Gasteiger charge is 2.43. The van der Waals surface area contributed by atoms with Crippen molar-refractivity contribution in [1.29, 1.82) is 0 Å². The molecule has 1 fully saturated rings. The van der Waals surface area contributed by atoms with E-state index in [9.17, 15) is 5.11 Å². The van der Waals surface area contributed by atoms with Crippen LogP contribution >= 0.6 is 0 Å². The fourth-order valence-electron chi connectivity index (χ4n) is 3.27. The fourth-order valence-corrected chi connectivity index (χ4v) is 3.27. The van der Waals surface area contributed by atoms with Crippen molar-refractivity contribution in [2.24, 2.45) is 5.41 Å². The van der Waals surface area contributed by atoms with Gasteiger partial charge in [-0.3, -0.25) is 0 Å². The molecule has 2 aliphatic rings. The molecular formula is C19H22N2O. The number of hydrogen-bond acceptors (Lipinski definition) is 3. The van der Waals surface area contributed by atoms with Crippen LogP contribution in [0, 0.1) is 5.41 Å². The molecule has 4 rings (SSSR count). The second kappa shape index (κ2) is 4.75. The zero-order chi connectivity index (χ0) is 15.3. The Labute approximate surface area is 131 Å². The highest BCUT2D eigenvalue weighted by atomic mass is 16.3. The Morgan fingerprint density at radius 2 is 1.77 bits per heavy atom. The van der Waals surface area contributed by atoms with Gasteiger partial charge in [-0.05, 0) is 41.5 Å². The Morgan fingerprint density at radius 1 is 1.05 bits per heavy atom. The van der Waals surface area contributed by atoms with Crippen molar-refractivity contribution in [3.05, 3.63) is 48.5 Å². The second-order valence-electron chi connectivity index (χ2n) is 6.97. The number of benzene rings is 2. The Hall–Kier alpha value is -2.00. The average molecular weight is 294 g/mol. The maximum absolute atomic E-state index is 10.6. The third-order valence-electron chi connectivity index (χ3n) is 5.05. The van der Waals surface area contributed by atoms with Crippen molar-refractivity contribution in [3.8, 4) is 11.1 Å². The van der Waals surface area contributed by atoms with Crippen LogP contribution in [0.4, 0.5) is 11.4 Å². The number of anilines is 2. The van der Waals surface area contributed by atoms with Crippen LogP contribution < -0.4 is 9.80 Å². The largest absolute Gasteiger partial charge is 0.356 e. The molecule has 3 heteroatoms. The second-order valence-corrected chi connectivity index (χ2v) is 6.97. The topological polar surface area (TPSA) is 26.7 Å². The lowest BCUT2D eigenvalue weighted by Crippen LogP contribution is -2.43. The van der Waals surface area contributed by atoms with Gasteiger partial charge in [0.25, 0.3) is 0 Å². The van der Waals surface area contributed by atoms with E-state index in [1.54, 1.807) is 0 Å². The quantitative estimate of drug-likeness (QED) is 0.935. The molecule has 1 heterocycles. The van der Waals surface area contributed by atoms with Gasteiger partial charge >= 0.3 is 0 Å². The Kier molecular flexibility index (Phi) is 2.95. The molecule has 1 aliphatic carbocycles. The number of nitrogens with zero attached hydrogens (tertiary/aromatic N) is 2. The van der Waals surface area contributed by atoms with Crippen LogP contribution in [0.15, 0.2) is 48.5 Å². The van der Waals surface area contributed by atoms with Gasteiger partial charge in [-0.15, -0.1) is 0 Å². The number of hydrogen-bond donors (Lipinski definition) is 1. The smallest absolute Gasteiger partial charge is 0.207 e. The molecular weight excluding hydrogens is 272 g/mol. The summed E-state index contributed by atoms with van der Waals surface area (Å²) in [6, 6.07) is 16.9. The normalized spacial score (nSPS) is 21.9. The SMILES string of the molecule is CN1c2cc(-c3ccccc3)ccc2N(CC2(C)CC2)C1O. The monoisotopic (exact) mass is 294 g/mol. The van der Waals surface area contributed by atoms with Gasteiger partial charge in [0.1, 0.15) is 0 Å². The van der Waals surface area contributed by atoms with Crippen LogP contribution in [-0.2, 0) is 0 Å². The molecule has 1 aliphatic heterocycles. The van der Waals surface area contributed by atoms with Gasteiger partial charge in [-0.25, -0.2) is 0 Å². The van der Waals surface area contributed by atoms with Crippen LogP contribution in [0.3, 0.4) is 0 Å². The molecule has 0 saturated heterocycles. The minimum atomic E-state index is -0.557. The van der Waals surface area contributed by atoms with Gasteiger partial charge in [0, 0.05) is 13.6 Å². The molecule has 0 spiro atoms. The maximum atomic E-state index is 10.6. The highest BCUT2D eigenvalue weighted by Crippen LogP contribution is 2.49. The molecule has 0 radical (unpaired) electrons. The highest BCUT2D eigenvalue weighted by molar-refractivity contribution is 5.82. The van der Waals surface area contributed by atoms with Gasteiger partial charge in [0.15, 0.2) is 0 Å². The van der Waals surface area contributed by atoms with Crippen LogP contribution in [0.5, 0.6) is 0 Å². The standard InChI is InChI=1S/C19H22N2O/c1-19(10-11-19)13-21-16-9-8-15(14-6-4-3-5-7-14)12-17(16)20(2)18(21)22/h3-9,12,18,22H,10-11,13H2,1-2H3. The molecule has 1 N–H and O–H groups in total. The summed E-state index contributed by atoms with van der Waals surface area (Å²) in [7, 11) is 1.97. The van der Waals surface area contributed by atoms with E-state index < -0.39 is 6.35 Å². The van der Waals surface area contributed by atoms with Crippen LogP contribution in [0.25, 0.3) is 11.1 Å². The van der Waals surface area contributed by atoms with Gasteiger partial charge < -0.3 is 14.9 Å². The molecule has 114 valence electrons. The predicted octanol–water partition coefficient (Wildman–Crippen LogP) is 3.69. The van der Waals surface area contributed by atoms with E-state index in [-0.39, 0.29) is 0 Å². The first-order chi connectivity index (χ1) is 10.6. The van der Waals surface area contributed by atoms with E-state index in [1.807, 2.05) is 18.0 Å². The molecule has 1 unspecified atom stereocenters. The van der Waals surface area contributed by atoms with Crippen molar-refractivity contribution in [1.82, 2.24) is 0 Å². The summed E-state index contributed by atoms with van der Waals surface area (Å²) >= 11 is 0. The van der Waals surface area contributed by atoms with Crippen molar-refractivity contribution in [3.63, 3.8) is 0 Å². The van der Waals surface area contributed by atoms with E-state index in [2.05, 4.69) is 54.3 Å². The number of aliphatic hydroxyl groups is 1. The molecule has 1 atom stereocenters. The minimum absolute atomic E-state index is 0.377. The first-order valence-electron chi connectivity index (χ1n) is 7.94. The van der Waals surface area contributed by atoms with E-state index in [1.165, 1.54) is 24.0 Å². The van der Waals surface area contributed by atoms with Gasteiger partial charge in [0.2, 0.25) is 6.35 Å². The third kappa shape index (κ3) is 2.17. The maximum Gasteiger partial charge on any atom is 0.207 e. The molecule has 22 heavy (non-hydrogen) atoms. The minimum Gasteiger partial charge on any atom is -0.356 e. The van der Waals surface area contributed by atoms with E-state index in [0.717, 1.165) is 17.9 Å². The summed E-state index contributed by atoms with van der Waals surface area (Å²) in [5.41, 5.74) is 5.03. The summed E-state index contributed by atoms with van der Waals surface area (Å²) in [6.45, 7) is 3.23. The zero-order valence-corrected chi connectivity index (χ0v) is 13.2. The van der Waals surface area contributed by atoms with Gasteiger partial charge in [-0.2, -0.15) is 0 Å². The first-order valence-corrected chi connectivity index (χ1v) is 7.94. The Bertz CT molecular complexity index is 694. The number of fused-ring (bicyclic) bond motifs is 1. The summed E-state index contributed by atoms with van der Waals surface area (Å²) in [5, 5.41) is 10.6. The zero-order valence-electron chi connectivity index (χ0n) is 13.2. The van der Waals surface area contributed by atoms with Crippen molar-refractivity contribution < 1.29 is 5.11 Å². The first kappa shape index (κ1) is 13.6. The summed E-state index contributed by atoms with van der Waals surface area (Å²) in [6.07, 6.45) is 1.97. The van der Waals surface area contributed by atoms with Crippen LogP contribution in [0.1, 0.15) is 19.8 Å². The van der Waals surface area contributed by atoms with Crippen LogP contribution in [-0.4, -0.2) is 25.1 Å². The predicted molar refractivity (Wildman–Crippen MR) is 91.0 cm³/mol. The molecule has 0 amide bonds. The van der Waals surface area contributed by atoms with Gasteiger partial charge in [0.05, 0.1) is 11.4 Å². The fraction of sp³-hybridized carbons (Fsp3) is 0.368. The van der Waals surface area contributed by atoms with E-state index >= 15 is 0 Å². The third-order valence-corrected chi connectivity index (χ3v) is 5.05. The lowest BCUT2D eigenvalue weighted by Gasteiger charge is -2.28. The van der Waals surface area contributed by atoms with Gasteiger partial charge in [-0.1, -0.05) is 43.3 Å². The number of rotatable bonds is 3. The summed E-state index contributed by atoms with van der Waals surface area (Å²) < 4.78 is 0. The molecule has 0 aromatic heterocycles. The Morgan fingerprint density at radius 3 is 2.45 bits per heavy atom. The number of aliphatic hydroxyl groups excluding tert-OH is 1. The summed E-state index contributed by atoms with van der Waals surface area (Å²) in [5.74, 6) is 0. The lowest BCUT2D eigenvalue weighted by atomic mass is 10.0. The molecule has 0 bridgehead atoms. The lowest BCUT2D eigenvalue weighted by molar-refractivity contribution is 0.172. The van der Waals surface area contributed by atoms with E-state index in [0.29, 0.717) is 5.41 Å². The van der Waals surface area contributed by atoms with Crippen molar-refractivity contribution in [2.45, 2.75) is 26.1 Å². The average Bonchev–Trinajstić information content (AvgIpc) is 3.24. The van der Waals surface area contributed by atoms with Crippen molar-refractivity contribution >= 4 is 11.4 Å². The Balaban J connectivity index is 1.71. The molecule has 3 nitrogen and oxygen atoms in total.